The van der Waals surface area contributed by atoms with E-state index in [0.717, 1.165) is 73.1 Å². The van der Waals surface area contributed by atoms with Crippen LogP contribution >= 0.6 is 0 Å². The standard InChI is InChI=1S/C30H38N4O2/c1-7-19-11-12-28(36-6)25(10-4)27(19)16-23-18-32-30(34-23)29-31-17-22(33-29)15-26-20(8-2)13-24(35-5)14-21(26)9-3/h11-14,17-18H,7-10,15-16H2,1-6H3,(H,31,33)(H,32,34). The number of nitrogens with zero attached hydrogens (tertiary/aromatic N) is 2. The molecule has 2 aromatic carbocycles. The summed E-state index contributed by atoms with van der Waals surface area (Å²) >= 11 is 0. The topological polar surface area (TPSA) is 75.8 Å². The van der Waals surface area contributed by atoms with Crippen LogP contribution in [-0.2, 0) is 38.5 Å². The molecule has 6 heteroatoms. The molecule has 2 aromatic heterocycles. The maximum absolute atomic E-state index is 5.64. The van der Waals surface area contributed by atoms with E-state index < -0.39 is 0 Å². The number of ether oxygens (including phenoxy) is 2. The number of aromatic nitrogens is 4. The molecule has 0 fully saturated rings. The molecular formula is C30H38N4O2. The van der Waals surface area contributed by atoms with Gasteiger partial charge in [-0.25, -0.2) is 9.97 Å². The maximum Gasteiger partial charge on any atom is 0.173 e. The van der Waals surface area contributed by atoms with Crippen LogP contribution < -0.4 is 9.47 Å². The lowest BCUT2D eigenvalue weighted by atomic mass is 9.93. The number of hydrogen-bond acceptors (Lipinski definition) is 4. The average molecular weight is 487 g/mol. The second-order valence-corrected chi connectivity index (χ2v) is 9.06. The van der Waals surface area contributed by atoms with Gasteiger partial charge in [0.1, 0.15) is 11.5 Å². The number of rotatable bonds is 11. The zero-order valence-electron chi connectivity index (χ0n) is 22.4. The lowest BCUT2D eigenvalue weighted by molar-refractivity contribution is 0.409. The third-order valence-electron chi connectivity index (χ3n) is 7.05. The van der Waals surface area contributed by atoms with Gasteiger partial charge in [-0.2, -0.15) is 0 Å². The molecule has 0 aliphatic rings. The van der Waals surface area contributed by atoms with E-state index in [1.807, 2.05) is 12.4 Å². The highest BCUT2D eigenvalue weighted by molar-refractivity contribution is 5.50. The van der Waals surface area contributed by atoms with Crippen LogP contribution in [-0.4, -0.2) is 34.2 Å². The minimum Gasteiger partial charge on any atom is -0.497 e. The summed E-state index contributed by atoms with van der Waals surface area (Å²) in [5.74, 6) is 3.40. The highest BCUT2D eigenvalue weighted by atomic mass is 16.5. The Kier molecular flexibility index (Phi) is 8.14. The smallest absolute Gasteiger partial charge is 0.173 e. The summed E-state index contributed by atoms with van der Waals surface area (Å²) in [6, 6.07) is 8.55. The van der Waals surface area contributed by atoms with Crippen LogP contribution in [0.5, 0.6) is 11.5 Å². The Labute approximate surface area is 214 Å². The monoisotopic (exact) mass is 486 g/mol. The first-order valence-corrected chi connectivity index (χ1v) is 13.0. The zero-order valence-corrected chi connectivity index (χ0v) is 22.4. The maximum atomic E-state index is 5.64. The molecule has 0 aliphatic carbocycles. The summed E-state index contributed by atoms with van der Waals surface area (Å²) in [6.45, 7) is 8.75. The summed E-state index contributed by atoms with van der Waals surface area (Å²) in [5.41, 5.74) is 9.90. The van der Waals surface area contributed by atoms with Crippen molar-refractivity contribution >= 4 is 0 Å². The summed E-state index contributed by atoms with van der Waals surface area (Å²) in [7, 11) is 3.47. The van der Waals surface area contributed by atoms with Gasteiger partial charge in [-0.15, -0.1) is 0 Å². The molecule has 0 amide bonds. The zero-order chi connectivity index (χ0) is 25.7. The molecule has 4 aromatic rings. The third kappa shape index (κ3) is 5.18. The minimum atomic E-state index is 0.761. The molecule has 2 heterocycles. The lowest BCUT2D eigenvalue weighted by Gasteiger charge is -2.16. The molecule has 0 spiro atoms. The molecule has 36 heavy (non-hydrogen) atoms. The quantitative estimate of drug-likeness (QED) is 0.263. The van der Waals surface area contributed by atoms with Crippen LogP contribution in [0.15, 0.2) is 36.7 Å². The average Bonchev–Trinajstić information content (AvgIpc) is 3.58. The SMILES string of the molecule is CCc1cc(OC)cc(CC)c1Cc1c[nH]c(-c2nc(Cc3c(CC)ccc(OC)c3CC)c[nH]2)n1. The molecule has 0 aliphatic heterocycles. The van der Waals surface area contributed by atoms with Crippen molar-refractivity contribution in [1.29, 1.82) is 0 Å². The second-order valence-electron chi connectivity index (χ2n) is 9.06. The van der Waals surface area contributed by atoms with E-state index in [1.54, 1.807) is 14.2 Å². The molecule has 2 N–H and O–H groups in total. The van der Waals surface area contributed by atoms with Crippen molar-refractivity contribution in [3.8, 4) is 23.1 Å². The van der Waals surface area contributed by atoms with Crippen molar-refractivity contribution in [1.82, 2.24) is 19.9 Å². The van der Waals surface area contributed by atoms with E-state index in [9.17, 15) is 0 Å². The fraction of sp³-hybridized carbons (Fsp3) is 0.400. The first-order valence-electron chi connectivity index (χ1n) is 13.0. The molecular weight excluding hydrogens is 448 g/mol. The van der Waals surface area contributed by atoms with E-state index in [1.165, 1.54) is 33.4 Å². The van der Waals surface area contributed by atoms with Crippen LogP contribution in [0.2, 0.25) is 0 Å². The van der Waals surface area contributed by atoms with Gasteiger partial charge < -0.3 is 19.4 Å². The Morgan fingerprint density at radius 2 is 1.19 bits per heavy atom. The van der Waals surface area contributed by atoms with Crippen LogP contribution in [0.3, 0.4) is 0 Å². The van der Waals surface area contributed by atoms with E-state index >= 15 is 0 Å². The number of hydrogen-bond donors (Lipinski definition) is 2. The number of imidazole rings is 2. The first kappa shape index (κ1) is 25.5. The predicted octanol–water partition coefficient (Wildman–Crippen LogP) is 6.25. The molecule has 0 bridgehead atoms. The summed E-state index contributed by atoms with van der Waals surface area (Å²) in [4.78, 5) is 16.4. The molecule has 4 rings (SSSR count). The van der Waals surface area contributed by atoms with Crippen molar-refractivity contribution in [3.05, 3.63) is 81.4 Å². The molecule has 0 atom stereocenters. The van der Waals surface area contributed by atoms with E-state index in [4.69, 9.17) is 19.4 Å². The largest absolute Gasteiger partial charge is 0.497 e. The number of methoxy groups -OCH3 is 2. The minimum absolute atomic E-state index is 0.761. The van der Waals surface area contributed by atoms with Crippen molar-refractivity contribution in [2.75, 3.05) is 14.2 Å². The fourth-order valence-electron chi connectivity index (χ4n) is 5.10. The highest BCUT2D eigenvalue weighted by Gasteiger charge is 2.16. The first-order chi connectivity index (χ1) is 17.5. The molecule has 0 saturated heterocycles. The van der Waals surface area contributed by atoms with Gasteiger partial charge in [-0.3, -0.25) is 0 Å². The van der Waals surface area contributed by atoms with E-state index in [2.05, 4.69) is 61.9 Å². The molecule has 0 radical (unpaired) electrons. The van der Waals surface area contributed by atoms with Gasteiger partial charge in [0.2, 0.25) is 0 Å². The third-order valence-corrected chi connectivity index (χ3v) is 7.05. The number of aromatic amines is 2. The van der Waals surface area contributed by atoms with Crippen molar-refractivity contribution in [3.63, 3.8) is 0 Å². The van der Waals surface area contributed by atoms with Gasteiger partial charge in [0.25, 0.3) is 0 Å². The Hall–Kier alpha value is -3.54. The number of nitrogens with one attached hydrogen (secondary N) is 2. The van der Waals surface area contributed by atoms with Crippen molar-refractivity contribution < 1.29 is 9.47 Å². The molecule has 6 nitrogen and oxygen atoms in total. The van der Waals surface area contributed by atoms with Gasteiger partial charge in [0.15, 0.2) is 11.6 Å². The molecule has 190 valence electrons. The summed E-state index contributed by atoms with van der Waals surface area (Å²) < 4.78 is 11.1. The Morgan fingerprint density at radius 1 is 0.639 bits per heavy atom. The number of benzene rings is 2. The van der Waals surface area contributed by atoms with Gasteiger partial charge in [0.05, 0.1) is 25.6 Å². The van der Waals surface area contributed by atoms with Crippen LogP contribution in [0.4, 0.5) is 0 Å². The Balaban J connectivity index is 1.58. The summed E-state index contributed by atoms with van der Waals surface area (Å²) in [6.07, 6.45) is 9.36. The lowest BCUT2D eigenvalue weighted by Crippen LogP contribution is -2.03. The molecule has 0 unspecified atom stereocenters. The van der Waals surface area contributed by atoms with Crippen molar-refractivity contribution in [2.24, 2.45) is 0 Å². The highest BCUT2D eigenvalue weighted by Crippen LogP contribution is 2.29. The van der Waals surface area contributed by atoms with Crippen molar-refractivity contribution in [2.45, 2.75) is 66.2 Å². The van der Waals surface area contributed by atoms with Crippen LogP contribution in [0, 0.1) is 0 Å². The fourth-order valence-corrected chi connectivity index (χ4v) is 5.10. The second kappa shape index (κ2) is 11.5. The molecule has 0 saturated carbocycles. The van der Waals surface area contributed by atoms with Crippen LogP contribution in [0.1, 0.15) is 72.5 Å². The van der Waals surface area contributed by atoms with Gasteiger partial charge in [0, 0.05) is 25.2 Å². The van der Waals surface area contributed by atoms with E-state index in [-0.39, 0.29) is 0 Å². The van der Waals surface area contributed by atoms with Gasteiger partial charge >= 0.3 is 0 Å². The number of H-pyrrole nitrogens is 2. The van der Waals surface area contributed by atoms with Crippen LogP contribution in [0.25, 0.3) is 11.6 Å². The predicted molar refractivity (Wildman–Crippen MR) is 145 cm³/mol. The van der Waals surface area contributed by atoms with E-state index in [0.29, 0.717) is 0 Å². The normalized spacial score (nSPS) is 11.2. The Morgan fingerprint density at radius 3 is 1.67 bits per heavy atom. The number of aryl methyl sites for hydroxylation is 3. The Bertz CT molecular complexity index is 1290. The van der Waals surface area contributed by atoms with Gasteiger partial charge in [-0.1, -0.05) is 33.8 Å². The van der Waals surface area contributed by atoms with Gasteiger partial charge in [-0.05, 0) is 77.3 Å². The summed E-state index contributed by atoms with van der Waals surface area (Å²) in [5, 5.41) is 0.